The summed E-state index contributed by atoms with van der Waals surface area (Å²) < 4.78 is 5.74. The highest BCUT2D eigenvalue weighted by atomic mass is 16.5. The summed E-state index contributed by atoms with van der Waals surface area (Å²) >= 11 is 0. The molecule has 0 aliphatic carbocycles. The van der Waals surface area contributed by atoms with Crippen LogP contribution in [0.4, 0.5) is 17.3 Å². The largest absolute Gasteiger partial charge is 0.373 e. The van der Waals surface area contributed by atoms with Crippen molar-refractivity contribution in [1.82, 2.24) is 9.97 Å². The topological polar surface area (TPSA) is 79.4 Å². The minimum Gasteiger partial charge on any atom is -0.373 e. The fraction of sp³-hybridized carbons (Fsp3) is 0.389. The molecule has 0 bridgehead atoms. The van der Waals surface area contributed by atoms with Crippen molar-refractivity contribution in [3.8, 4) is 0 Å². The number of ether oxygens (including phenoxy) is 1. The lowest BCUT2D eigenvalue weighted by Gasteiger charge is -2.36. The molecule has 3 heterocycles. The molecule has 1 fully saturated rings. The first-order valence-electron chi connectivity index (χ1n) is 8.37. The normalized spacial score (nSPS) is 20.2. The maximum atomic E-state index is 12.3. The first kappa shape index (κ1) is 17.2. The summed E-state index contributed by atoms with van der Waals surface area (Å²) in [6.07, 6.45) is 3.57. The van der Waals surface area contributed by atoms with Gasteiger partial charge in [-0.1, -0.05) is 0 Å². The van der Waals surface area contributed by atoms with Crippen LogP contribution in [0, 0.1) is 0 Å². The zero-order valence-corrected chi connectivity index (χ0v) is 14.7. The van der Waals surface area contributed by atoms with Crippen molar-refractivity contribution < 1.29 is 9.53 Å². The summed E-state index contributed by atoms with van der Waals surface area (Å²) in [5, 5.41) is 5.76. The van der Waals surface area contributed by atoms with E-state index in [1.165, 1.54) is 0 Å². The zero-order chi connectivity index (χ0) is 17.8. The number of pyridine rings is 2. The highest BCUT2D eigenvalue weighted by Crippen LogP contribution is 2.20. The van der Waals surface area contributed by atoms with Crippen molar-refractivity contribution >= 4 is 23.2 Å². The third-order valence-corrected chi connectivity index (χ3v) is 4.03. The lowest BCUT2D eigenvalue weighted by Crippen LogP contribution is -2.45. The number of nitrogens with zero attached hydrogens (tertiary/aromatic N) is 3. The van der Waals surface area contributed by atoms with Crippen molar-refractivity contribution in [2.75, 3.05) is 35.7 Å². The van der Waals surface area contributed by atoms with Gasteiger partial charge in [0, 0.05) is 26.3 Å². The molecule has 7 nitrogen and oxygen atoms in total. The van der Waals surface area contributed by atoms with E-state index in [0.29, 0.717) is 11.3 Å². The van der Waals surface area contributed by atoms with Crippen LogP contribution in [0.1, 0.15) is 24.2 Å². The number of aromatic nitrogens is 2. The number of rotatable bonds is 4. The smallest absolute Gasteiger partial charge is 0.257 e. The van der Waals surface area contributed by atoms with Gasteiger partial charge < -0.3 is 20.3 Å². The molecule has 2 atom stereocenters. The summed E-state index contributed by atoms with van der Waals surface area (Å²) in [5.41, 5.74) is 1.15. The molecule has 1 aliphatic heterocycles. The fourth-order valence-electron chi connectivity index (χ4n) is 2.89. The standard InChI is InChI=1S/C18H23N5O2/c1-12-10-23(11-13(2)25-12)17-7-5-15(9-21-17)22-18(24)14-4-6-16(19-3)20-8-14/h4-9,12-13H,10-11H2,1-3H3,(H,19,20)(H,22,24). The van der Waals surface area contributed by atoms with Crippen LogP contribution in [0.3, 0.4) is 0 Å². The molecule has 1 amide bonds. The van der Waals surface area contributed by atoms with E-state index < -0.39 is 0 Å². The summed E-state index contributed by atoms with van der Waals surface area (Å²) in [6.45, 7) is 5.74. The van der Waals surface area contributed by atoms with Gasteiger partial charge in [0.15, 0.2) is 0 Å². The second-order valence-corrected chi connectivity index (χ2v) is 6.20. The predicted octanol–water partition coefficient (Wildman–Crippen LogP) is 2.38. The van der Waals surface area contributed by atoms with Gasteiger partial charge in [0.25, 0.3) is 5.91 Å². The fourth-order valence-corrected chi connectivity index (χ4v) is 2.89. The van der Waals surface area contributed by atoms with E-state index in [2.05, 4.69) is 39.3 Å². The molecular weight excluding hydrogens is 318 g/mol. The monoisotopic (exact) mass is 341 g/mol. The number of nitrogens with one attached hydrogen (secondary N) is 2. The maximum absolute atomic E-state index is 12.3. The molecule has 0 saturated carbocycles. The van der Waals surface area contributed by atoms with Crippen molar-refractivity contribution in [3.63, 3.8) is 0 Å². The van der Waals surface area contributed by atoms with Crippen LogP contribution in [-0.4, -0.2) is 48.2 Å². The van der Waals surface area contributed by atoms with Crippen LogP contribution in [0.15, 0.2) is 36.7 Å². The van der Waals surface area contributed by atoms with Crippen molar-refractivity contribution in [2.24, 2.45) is 0 Å². The lowest BCUT2D eigenvalue weighted by molar-refractivity contribution is -0.00545. The summed E-state index contributed by atoms with van der Waals surface area (Å²) in [5.74, 6) is 1.40. The van der Waals surface area contributed by atoms with Crippen LogP contribution in [-0.2, 0) is 4.74 Å². The van der Waals surface area contributed by atoms with Gasteiger partial charge in [-0.05, 0) is 38.1 Å². The van der Waals surface area contributed by atoms with E-state index in [9.17, 15) is 4.79 Å². The van der Waals surface area contributed by atoms with Gasteiger partial charge >= 0.3 is 0 Å². The van der Waals surface area contributed by atoms with Crippen molar-refractivity contribution in [2.45, 2.75) is 26.1 Å². The van der Waals surface area contributed by atoms with E-state index in [1.807, 2.05) is 12.1 Å². The van der Waals surface area contributed by atoms with Gasteiger partial charge in [-0.2, -0.15) is 0 Å². The number of morpholine rings is 1. The molecule has 0 spiro atoms. The van der Waals surface area contributed by atoms with Gasteiger partial charge in [-0.15, -0.1) is 0 Å². The SMILES string of the molecule is CNc1ccc(C(=O)Nc2ccc(N3CC(C)OC(C)C3)nc2)cn1. The second-order valence-electron chi connectivity index (χ2n) is 6.20. The maximum Gasteiger partial charge on any atom is 0.257 e. The van der Waals surface area contributed by atoms with Crippen LogP contribution < -0.4 is 15.5 Å². The molecule has 2 N–H and O–H groups in total. The third-order valence-electron chi connectivity index (χ3n) is 4.03. The van der Waals surface area contributed by atoms with Gasteiger partial charge in [0.2, 0.25) is 0 Å². The molecule has 132 valence electrons. The number of carbonyl (C=O) groups is 1. The first-order chi connectivity index (χ1) is 12.0. The highest BCUT2D eigenvalue weighted by Gasteiger charge is 2.23. The molecule has 7 heteroatoms. The van der Waals surface area contributed by atoms with Crippen LogP contribution >= 0.6 is 0 Å². The molecule has 0 radical (unpaired) electrons. The molecule has 0 aromatic carbocycles. The first-order valence-corrected chi connectivity index (χ1v) is 8.37. The van der Waals surface area contributed by atoms with Crippen LogP contribution in [0.2, 0.25) is 0 Å². The van der Waals surface area contributed by atoms with E-state index in [-0.39, 0.29) is 18.1 Å². The molecule has 3 rings (SSSR count). The average Bonchev–Trinajstić information content (AvgIpc) is 2.61. The van der Waals surface area contributed by atoms with Gasteiger partial charge in [0.05, 0.1) is 29.7 Å². The van der Waals surface area contributed by atoms with Gasteiger partial charge in [0.1, 0.15) is 11.6 Å². The van der Waals surface area contributed by atoms with Gasteiger partial charge in [-0.25, -0.2) is 9.97 Å². The minimum absolute atomic E-state index is 0.179. The Bertz CT molecular complexity index is 707. The van der Waals surface area contributed by atoms with Crippen molar-refractivity contribution in [1.29, 1.82) is 0 Å². The number of hydrogen-bond donors (Lipinski definition) is 2. The summed E-state index contributed by atoms with van der Waals surface area (Å²) in [6, 6.07) is 7.27. The third kappa shape index (κ3) is 4.24. The average molecular weight is 341 g/mol. The Labute approximate surface area is 147 Å². The Morgan fingerprint density at radius 1 is 1.12 bits per heavy atom. The number of carbonyl (C=O) groups excluding carboxylic acids is 1. The Hall–Kier alpha value is -2.67. The van der Waals surface area contributed by atoms with E-state index in [4.69, 9.17) is 4.74 Å². The molecular formula is C18H23N5O2. The number of amides is 1. The molecule has 25 heavy (non-hydrogen) atoms. The Morgan fingerprint density at radius 2 is 1.88 bits per heavy atom. The predicted molar refractivity (Wildman–Crippen MR) is 98.2 cm³/mol. The van der Waals surface area contributed by atoms with Crippen molar-refractivity contribution in [3.05, 3.63) is 42.2 Å². The summed E-state index contributed by atoms with van der Waals surface area (Å²) in [7, 11) is 1.78. The molecule has 2 aromatic rings. The second kappa shape index (κ2) is 7.48. The number of anilines is 3. The molecule has 2 unspecified atom stereocenters. The number of hydrogen-bond acceptors (Lipinski definition) is 6. The highest BCUT2D eigenvalue weighted by molar-refractivity contribution is 6.04. The molecule has 2 aromatic heterocycles. The van der Waals surface area contributed by atoms with Gasteiger partial charge in [-0.3, -0.25) is 4.79 Å². The molecule has 1 aliphatic rings. The zero-order valence-electron chi connectivity index (χ0n) is 14.7. The molecule has 1 saturated heterocycles. The van der Waals surface area contributed by atoms with E-state index in [0.717, 1.165) is 24.7 Å². The van der Waals surface area contributed by atoms with Crippen LogP contribution in [0.5, 0.6) is 0 Å². The Kier molecular flexibility index (Phi) is 5.14. The lowest BCUT2D eigenvalue weighted by atomic mass is 10.2. The minimum atomic E-state index is -0.210. The Morgan fingerprint density at radius 3 is 2.44 bits per heavy atom. The van der Waals surface area contributed by atoms with E-state index in [1.54, 1.807) is 31.6 Å². The Balaban J connectivity index is 1.64. The quantitative estimate of drug-likeness (QED) is 0.889. The summed E-state index contributed by atoms with van der Waals surface area (Å²) in [4.78, 5) is 23.1. The van der Waals surface area contributed by atoms with Crippen LogP contribution in [0.25, 0.3) is 0 Å². The van der Waals surface area contributed by atoms with E-state index >= 15 is 0 Å².